The number of aliphatic hydroxyl groups excluding tert-OH is 1. The summed E-state index contributed by atoms with van der Waals surface area (Å²) in [5.41, 5.74) is 2.31. The lowest BCUT2D eigenvalue weighted by molar-refractivity contribution is -0.118. The Morgan fingerprint density at radius 3 is 2.52 bits per heavy atom. The summed E-state index contributed by atoms with van der Waals surface area (Å²) in [6, 6.07) is 10.8. The molecule has 5 rings (SSSR count). The first-order chi connectivity index (χ1) is 14.0. The fraction of sp³-hybridized carbons (Fsp3) is 0.375. The average Bonchev–Trinajstić information content (AvgIpc) is 3.38. The predicted molar refractivity (Wildman–Crippen MR) is 115 cm³/mol. The molecule has 150 valence electrons. The Balaban J connectivity index is 1.54. The number of aryl methyl sites for hydroxylation is 1. The number of hydrogen-bond acceptors (Lipinski definition) is 3. The van der Waals surface area contributed by atoms with Gasteiger partial charge in [0.2, 0.25) is 0 Å². The normalized spacial score (nSPS) is 27.6. The molecule has 3 aliphatic carbocycles. The van der Waals surface area contributed by atoms with Crippen LogP contribution in [0.4, 0.5) is 0 Å². The van der Waals surface area contributed by atoms with Crippen molar-refractivity contribution in [2.75, 3.05) is 0 Å². The second-order valence-corrected chi connectivity index (χ2v) is 9.20. The van der Waals surface area contributed by atoms with Crippen molar-refractivity contribution in [2.45, 2.75) is 32.6 Å². The molecule has 1 N–H and O–H groups in total. The lowest BCUT2D eigenvalue weighted by Gasteiger charge is -2.23. The Morgan fingerprint density at radius 1 is 1.07 bits per heavy atom. The Kier molecular flexibility index (Phi) is 4.64. The van der Waals surface area contributed by atoms with Gasteiger partial charge in [0.05, 0.1) is 10.6 Å². The second-order valence-electron chi connectivity index (χ2n) is 8.36. The predicted octanol–water partition coefficient (Wildman–Crippen LogP) is 6.86. The number of ketones is 1. The maximum absolute atomic E-state index is 13.3. The fourth-order valence-electron chi connectivity index (χ4n) is 5.64. The first-order valence-corrected chi connectivity index (χ1v) is 11.0. The molecule has 0 amide bonds. The van der Waals surface area contributed by atoms with Gasteiger partial charge in [0.1, 0.15) is 17.3 Å². The number of fused-ring (bicyclic) bond motifs is 5. The number of Topliss-reactive ketones (excluding diaryl/α,β-unsaturated/α-hetero) is 1. The van der Waals surface area contributed by atoms with Crippen molar-refractivity contribution < 1.29 is 14.6 Å². The number of benzene rings is 2. The van der Waals surface area contributed by atoms with Gasteiger partial charge in [0.25, 0.3) is 0 Å². The van der Waals surface area contributed by atoms with Crippen molar-refractivity contribution in [3.8, 4) is 11.5 Å². The minimum absolute atomic E-state index is 0.0104. The van der Waals surface area contributed by atoms with E-state index in [2.05, 4.69) is 6.92 Å². The smallest absolute Gasteiger partial charge is 0.170 e. The van der Waals surface area contributed by atoms with E-state index in [9.17, 15) is 9.90 Å². The standard InChI is InChI=1S/C24H22Cl2O3/c1-2-12-5-7-16(29-19-8-6-15(25)10-18(19)26)11-17(12)22-23(27)20-13-3-4-14(9-13)21(20)24(22)28/h5-8,10-11,13-14,20-21,27H,2-4,9H2,1H3/t13-,14+,20?,21?/m0/s1. The Bertz CT molecular complexity index is 1040. The minimum atomic E-state index is -0.0382. The Labute approximate surface area is 180 Å². The van der Waals surface area contributed by atoms with Crippen LogP contribution in [0.2, 0.25) is 10.0 Å². The zero-order valence-corrected chi connectivity index (χ0v) is 17.6. The van der Waals surface area contributed by atoms with Gasteiger partial charge in [0, 0.05) is 16.9 Å². The van der Waals surface area contributed by atoms with E-state index < -0.39 is 0 Å². The van der Waals surface area contributed by atoms with Gasteiger partial charge in [-0.1, -0.05) is 36.2 Å². The molecular formula is C24H22Cl2O3. The molecule has 0 aliphatic heterocycles. The van der Waals surface area contributed by atoms with E-state index in [4.69, 9.17) is 27.9 Å². The molecule has 3 nitrogen and oxygen atoms in total. The highest BCUT2D eigenvalue weighted by atomic mass is 35.5. The van der Waals surface area contributed by atoms with E-state index in [1.807, 2.05) is 18.2 Å². The van der Waals surface area contributed by atoms with Gasteiger partial charge in [-0.3, -0.25) is 4.79 Å². The number of ether oxygens (including phenoxy) is 1. The SMILES string of the molecule is CCc1ccc(Oc2ccc(Cl)cc2Cl)cc1C1=C(O)C2C(C1=O)[C@@H]1CC[C@H]2C1. The van der Waals surface area contributed by atoms with Crippen molar-refractivity contribution in [1.29, 1.82) is 0 Å². The van der Waals surface area contributed by atoms with E-state index in [0.29, 0.717) is 44.7 Å². The lowest BCUT2D eigenvalue weighted by atomic mass is 9.80. The molecule has 3 aliphatic rings. The first-order valence-electron chi connectivity index (χ1n) is 10.2. The van der Waals surface area contributed by atoms with Crippen molar-refractivity contribution in [1.82, 2.24) is 0 Å². The summed E-state index contributed by atoms with van der Waals surface area (Å²) in [5.74, 6) is 2.32. The summed E-state index contributed by atoms with van der Waals surface area (Å²) in [5, 5.41) is 12.0. The topological polar surface area (TPSA) is 46.5 Å². The maximum atomic E-state index is 13.3. The molecular weight excluding hydrogens is 407 g/mol. The van der Waals surface area contributed by atoms with Gasteiger partial charge < -0.3 is 9.84 Å². The number of halogens is 2. The molecule has 0 saturated heterocycles. The molecule has 2 aromatic rings. The van der Waals surface area contributed by atoms with Crippen molar-refractivity contribution in [2.24, 2.45) is 23.7 Å². The van der Waals surface area contributed by atoms with Crippen LogP contribution in [0.25, 0.3) is 5.57 Å². The molecule has 29 heavy (non-hydrogen) atoms. The third-order valence-corrected chi connectivity index (χ3v) is 7.42. The molecule has 2 saturated carbocycles. The van der Waals surface area contributed by atoms with Crippen LogP contribution in [-0.2, 0) is 11.2 Å². The van der Waals surface area contributed by atoms with Crippen LogP contribution in [0, 0.1) is 23.7 Å². The minimum Gasteiger partial charge on any atom is -0.511 e. The van der Waals surface area contributed by atoms with Gasteiger partial charge in [-0.15, -0.1) is 0 Å². The molecule has 0 spiro atoms. The number of aliphatic hydroxyl groups is 1. The van der Waals surface area contributed by atoms with Crippen molar-refractivity contribution in [3.05, 3.63) is 63.3 Å². The summed E-state index contributed by atoms with van der Waals surface area (Å²) >= 11 is 12.2. The van der Waals surface area contributed by atoms with E-state index in [1.54, 1.807) is 18.2 Å². The van der Waals surface area contributed by atoms with Gasteiger partial charge in [-0.2, -0.15) is 0 Å². The molecule has 2 fully saturated rings. The fourth-order valence-corrected chi connectivity index (χ4v) is 6.08. The maximum Gasteiger partial charge on any atom is 0.170 e. The van der Waals surface area contributed by atoms with Crippen LogP contribution in [0.3, 0.4) is 0 Å². The van der Waals surface area contributed by atoms with Gasteiger partial charge in [0.15, 0.2) is 5.78 Å². The summed E-state index contributed by atoms with van der Waals surface area (Å²) in [6.45, 7) is 2.05. The number of carbonyl (C=O) groups is 1. The van der Waals surface area contributed by atoms with Crippen LogP contribution in [0.1, 0.15) is 37.3 Å². The molecule has 0 aromatic heterocycles. The molecule has 5 heteroatoms. The highest BCUT2D eigenvalue weighted by molar-refractivity contribution is 6.35. The molecule has 0 heterocycles. The lowest BCUT2D eigenvalue weighted by Crippen LogP contribution is -2.24. The van der Waals surface area contributed by atoms with Crippen molar-refractivity contribution in [3.63, 3.8) is 0 Å². The molecule has 4 atom stereocenters. The number of hydrogen-bond donors (Lipinski definition) is 1. The monoisotopic (exact) mass is 428 g/mol. The number of allylic oxidation sites excluding steroid dienone is 2. The van der Waals surface area contributed by atoms with Gasteiger partial charge in [-0.25, -0.2) is 0 Å². The zero-order valence-electron chi connectivity index (χ0n) is 16.1. The summed E-state index contributed by atoms with van der Waals surface area (Å²) < 4.78 is 5.98. The summed E-state index contributed by atoms with van der Waals surface area (Å²) in [4.78, 5) is 13.3. The largest absolute Gasteiger partial charge is 0.511 e. The van der Waals surface area contributed by atoms with Crippen LogP contribution in [0.5, 0.6) is 11.5 Å². The molecule has 2 unspecified atom stereocenters. The van der Waals surface area contributed by atoms with Crippen molar-refractivity contribution >= 4 is 34.6 Å². The average molecular weight is 429 g/mol. The Morgan fingerprint density at radius 2 is 1.83 bits per heavy atom. The van der Waals surface area contributed by atoms with Crippen LogP contribution < -0.4 is 4.74 Å². The van der Waals surface area contributed by atoms with Gasteiger partial charge >= 0.3 is 0 Å². The van der Waals surface area contributed by atoms with Crippen LogP contribution in [0.15, 0.2) is 42.2 Å². The number of rotatable bonds is 4. The second kappa shape index (κ2) is 7.07. The van der Waals surface area contributed by atoms with E-state index in [0.717, 1.165) is 36.8 Å². The van der Waals surface area contributed by atoms with E-state index in [-0.39, 0.29) is 17.6 Å². The summed E-state index contributed by atoms with van der Waals surface area (Å²) in [6.07, 6.45) is 4.08. The summed E-state index contributed by atoms with van der Waals surface area (Å²) in [7, 11) is 0. The van der Waals surface area contributed by atoms with Gasteiger partial charge in [-0.05, 0) is 79.0 Å². The van der Waals surface area contributed by atoms with E-state index in [1.165, 1.54) is 0 Å². The highest BCUT2D eigenvalue weighted by Crippen LogP contribution is 2.60. The zero-order chi connectivity index (χ0) is 20.3. The Hall–Kier alpha value is -1.97. The van der Waals surface area contributed by atoms with E-state index >= 15 is 0 Å². The number of carbonyl (C=O) groups excluding carboxylic acids is 1. The third kappa shape index (κ3) is 2.98. The molecule has 2 bridgehead atoms. The highest BCUT2D eigenvalue weighted by Gasteiger charge is 2.57. The third-order valence-electron chi connectivity index (χ3n) is 6.89. The van der Waals surface area contributed by atoms with Crippen LogP contribution in [-0.4, -0.2) is 10.9 Å². The van der Waals surface area contributed by atoms with Crippen LogP contribution >= 0.6 is 23.2 Å². The quantitative estimate of drug-likeness (QED) is 0.577. The molecule has 0 radical (unpaired) electrons. The molecule has 2 aromatic carbocycles. The first kappa shape index (κ1) is 19.0.